The molecule has 9 heteroatoms. The highest BCUT2D eigenvalue weighted by Crippen LogP contribution is 2.56. The minimum absolute atomic E-state index is 0.00552. The molecule has 3 aliphatic rings. The Kier molecular flexibility index (Phi) is 5.58. The molecule has 1 spiro atoms. The molecule has 2 saturated heterocycles. The molecule has 3 unspecified atom stereocenters. The van der Waals surface area contributed by atoms with Gasteiger partial charge in [-0.2, -0.15) is 5.06 Å². The van der Waals surface area contributed by atoms with Gasteiger partial charge in [0.15, 0.2) is 5.78 Å². The average molecular weight is 536 g/mol. The lowest BCUT2D eigenvalue weighted by Crippen LogP contribution is -2.57. The molecule has 2 heterocycles. The first-order chi connectivity index (χ1) is 17.7. The number of hydrogen-bond acceptors (Lipinski definition) is 6. The highest BCUT2D eigenvalue weighted by molar-refractivity contribution is 6.42. The third-order valence-electron chi connectivity index (χ3n) is 7.30. The Morgan fingerprint density at radius 2 is 1.57 bits per heavy atom. The number of ketones is 3. The number of hydroxylamine groups is 1. The number of fused-ring (bicyclic) bond motifs is 3. The number of anilines is 1. The van der Waals surface area contributed by atoms with E-state index in [4.69, 9.17) is 32.8 Å². The Morgan fingerprint density at radius 1 is 0.919 bits per heavy atom. The summed E-state index contributed by atoms with van der Waals surface area (Å²) in [6.07, 6.45) is -0.826. The molecule has 2 fully saturated rings. The molecule has 0 radical (unpaired) electrons. The second-order valence-corrected chi connectivity index (χ2v) is 10.1. The van der Waals surface area contributed by atoms with Crippen molar-refractivity contribution in [3.05, 3.63) is 99.0 Å². The van der Waals surface area contributed by atoms with E-state index in [1.807, 2.05) is 0 Å². The zero-order valence-electron chi connectivity index (χ0n) is 19.4. The topological polar surface area (TPSA) is 90.0 Å². The van der Waals surface area contributed by atoms with E-state index in [2.05, 4.69) is 0 Å². The summed E-state index contributed by atoms with van der Waals surface area (Å²) in [4.78, 5) is 59.3. The molecule has 0 saturated carbocycles. The standard InChI is InChI=1S/C28H19Cl2NO6/c1-14(32)15-6-9-17(10-7-15)31-27(35)23-20(13-36-31)24(16-8-11-21(29)22(30)12-16)37-28(23)25(33)18-4-2-3-5-19(18)26(28)34/h2-12,20,23-24H,13H2,1H3. The van der Waals surface area contributed by atoms with Crippen molar-refractivity contribution in [1.82, 2.24) is 0 Å². The van der Waals surface area contributed by atoms with Gasteiger partial charge in [-0.05, 0) is 48.9 Å². The van der Waals surface area contributed by atoms with Gasteiger partial charge in [0.2, 0.25) is 17.2 Å². The normalized spacial score (nSPS) is 23.9. The smallest absolute Gasteiger partial charge is 0.258 e. The Morgan fingerprint density at radius 3 is 2.16 bits per heavy atom. The molecule has 186 valence electrons. The van der Waals surface area contributed by atoms with Crippen LogP contribution in [0.15, 0.2) is 66.7 Å². The van der Waals surface area contributed by atoms with E-state index < -0.39 is 41.0 Å². The first-order valence-electron chi connectivity index (χ1n) is 11.6. The van der Waals surface area contributed by atoms with Gasteiger partial charge in [0, 0.05) is 22.6 Å². The van der Waals surface area contributed by atoms with Crippen LogP contribution in [0.3, 0.4) is 0 Å². The fourth-order valence-electron chi connectivity index (χ4n) is 5.54. The zero-order chi connectivity index (χ0) is 26.1. The van der Waals surface area contributed by atoms with E-state index in [0.29, 0.717) is 21.8 Å². The number of Topliss-reactive ketones (excluding diaryl/α,β-unsaturated/α-hetero) is 3. The first-order valence-corrected chi connectivity index (χ1v) is 12.4. The van der Waals surface area contributed by atoms with Gasteiger partial charge < -0.3 is 4.74 Å². The molecule has 7 nitrogen and oxygen atoms in total. The number of carbonyl (C=O) groups excluding carboxylic acids is 4. The van der Waals surface area contributed by atoms with Crippen LogP contribution in [0.5, 0.6) is 0 Å². The lowest BCUT2D eigenvalue weighted by Gasteiger charge is -2.37. The van der Waals surface area contributed by atoms with Crippen molar-refractivity contribution in [2.45, 2.75) is 18.6 Å². The number of benzene rings is 3. The maximum atomic E-state index is 14.0. The van der Waals surface area contributed by atoms with Crippen molar-refractivity contribution in [2.75, 3.05) is 11.7 Å². The monoisotopic (exact) mass is 535 g/mol. The fraction of sp³-hybridized carbons (Fsp3) is 0.214. The van der Waals surface area contributed by atoms with Crippen molar-refractivity contribution in [1.29, 1.82) is 0 Å². The molecule has 0 aromatic heterocycles. The summed E-state index contributed by atoms with van der Waals surface area (Å²) in [5, 5.41) is 1.70. The Balaban J connectivity index is 1.47. The summed E-state index contributed by atoms with van der Waals surface area (Å²) in [5.74, 6) is -3.60. The van der Waals surface area contributed by atoms with Crippen LogP contribution in [0.4, 0.5) is 5.69 Å². The molecular weight excluding hydrogens is 517 g/mol. The molecule has 3 atom stereocenters. The summed E-state index contributed by atoms with van der Waals surface area (Å²) < 4.78 is 6.38. The van der Waals surface area contributed by atoms with Crippen molar-refractivity contribution < 1.29 is 28.8 Å². The van der Waals surface area contributed by atoms with Crippen LogP contribution >= 0.6 is 23.2 Å². The van der Waals surface area contributed by atoms with Crippen LogP contribution < -0.4 is 5.06 Å². The third kappa shape index (κ3) is 3.42. The number of carbonyl (C=O) groups is 4. The Labute approximate surface area is 221 Å². The van der Waals surface area contributed by atoms with Gasteiger partial charge in [-0.15, -0.1) is 0 Å². The Hall–Kier alpha value is -3.36. The summed E-state index contributed by atoms with van der Waals surface area (Å²) in [5.41, 5.74) is -0.173. The minimum Gasteiger partial charge on any atom is -0.349 e. The predicted molar refractivity (Wildman–Crippen MR) is 135 cm³/mol. The van der Waals surface area contributed by atoms with Gasteiger partial charge >= 0.3 is 0 Å². The fourth-order valence-corrected chi connectivity index (χ4v) is 5.84. The van der Waals surface area contributed by atoms with Gasteiger partial charge in [0.1, 0.15) is 0 Å². The summed E-state index contributed by atoms with van der Waals surface area (Å²) >= 11 is 12.4. The molecule has 6 rings (SSSR count). The molecule has 1 amide bonds. The number of nitrogens with zero attached hydrogens (tertiary/aromatic N) is 1. The highest BCUT2D eigenvalue weighted by Gasteiger charge is 2.71. The zero-order valence-corrected chi connectivity index (χ0v) is 21.0. The second-order valence-electron chi connectivity index (χ2n) is 9.32. The number of amides is 1. The molecule has 3 aromatic carbocycles. The van der Waals surface area contributed by atoms with Gasteiger partial charge in [0.25, 0.3) is 5.91 Å². The van der Waals surface area contributed by atoms with Crippen molar-refractivity contribution >= 4 is 52.1 Å². The molecule has 0 bridgehead atoms. The number of halogens is 2. The van der Waals surface area contributed by atoms with Crippen molar-refractivity contribution in [3.63, 3.8) is 0 Å². The molecule has 37 heavy (non-hydrogen) atoms. The summed E-state index contributed by atoms with van der Waals surface area (Å²) in [6, 6.07) is 17.7. The van der Waals surface area contributed by atoms with E-state index in [-0.39, 0.29) is 28.5 Å². The average Bonchev–Trinajstić information content (AvgIpc) is 3.36. The highest BCUT2D eigenvalue weighted by atomic mass is 35.5. The van der Waals surface area contributed by atoms with Crippen molar-refractivity contribution in [3.8, 4) is 0 Å². The molecule has 0 N–H and O–H groups in total. The number of hydrogen-bond donors (Lipinski definition) is 0. The lowest BCUT2D eigenvalue weighted by molar-refractivity contribution is -0.140. The SMILES string of the molecule is CC(=O)c1ccc(N2OCC3C(c4ccc(Cl)c(Cl)c4)OC4(C(=O)c5ccccc5C4=O)C3C2=O)cc1. The first kappa shape index (κ1) is 24.0. The van der Waals surface area contributed by atoms with E-state index in [9.17, 15) is 19.2 Å². The molecule has 1 aliphatic carbocycles. The van der Waals surface area contributed by atoms with Crippen LogP contribution in [-0.4, -0.2) is 35.5 Å². The maximum Gasteiger partial charge on any atom is 0.258 e. The van der Waals surface area contributed by atoms with Gasteiger partial charge in [-0.3, -0.25) is 24.0 Å². The third-order valence-corrected chi connectivity index (χ3v) is 8.04. The van der Waals surface area contributed by atoms with Crippen LogP contribution in [0.2, 0.25) is 10.0 Å². The molecular formula is C28H19Cl2NO6. The van der Waals surface area contributed by atoms with Crippen LogP contribution in [-0.2, 0) is 14.4 Å². The number of ether oxygens (including phenoxy) is 1. The predicted octanol–water partition coefficient (Wildman–Crippen LogP) is 5.30. The van der Waals surface area contributed by atoms with Crippen LogP contribution in [0, 0.1) is 11.8 Å². The summed E-state index contributed by atoms with van der Waals surface area (Å²) in [7, 11) is 0. The number of rotatable bonds is 3. The molecule has 3 aromatic rings. The van der Waals surface area contributed by atoms with Crippen molar-refractivity contribution in [2.24, 2.45) is 11.8 Å². The van der Waals surface area contributed by atoms with Gasteiger partial charge in [-0.25, -0.2) is 0 Å². The second kappa shape index (κ2) is 8.60. The largest absolute Gasteiger partial charge is 0.349 e. The Bertz CT molecular complexity index is 1470. The van der Waals surface area contributed by atoms with Gasteiger partial charge in [-0.1, -0.05) is 53.5 Å². The van der Waals surface area contributed by atoms with Gasteiger partial charge in [0.05, 0.1) is 34.4 Å². The van der Waals surface area contributed by atoms with Crippen LogP contribution in [0.1, 0.15) is 49.7 Å². The van der Waals surface area contributed by atoms with E-state index in [0.717, 1.165) is 5.06 Å². The minimum atomic E-state index is -2.04. The lowest BCUT2D eigenvalue weighted by atomic mass is 9.74. The molecule has 2 aliphatic heterocycles. The van der Waals surface area contributed by atoms with Crippen LogP contribution in [0.25, 0.3) is 0 Å². The maximum absolute atomic E-state index is 14.0. The van der Waals surface area contributed by atoms with E-state index >= 15 is 0 Å². The van der Waals surface area contributed by atoms with E-state index in [1.165, 1.54) is 6.92 Å². The summed E-state index contributed by atoms with van der Waals surface area (Å²) in [6.45, 7) is 1.44. The van der Waals surface area contributed by atoms with E-state index in [1.54, 1.807) is 66.7 Å². The quantitative estimate of drug-likeness (QED) is 0.334.